The molecular weight excluding hydrogens is 182 g/mol. The number of rotatable bonds is 3. The summed E-state index contributed by atoms with van der Waals surface area (Å²) in [7, 11) is 0. The lowest BCUT2D eigenvalue weighted by atomic mass is 9.72. The molecule has 4 heteroatoms. The molecule has 0 radical (unpaired) electrons. The predicted octanol–water partition coefficient (Wildman–Crippen LogP) is 0.851. The minimum atomic E-state index is -1.09. The predicted molar refractivity (Wildman–Crippen MR) is 52.9 cm³/mol. The van der Waals surface area contributed by atoms with Crippen LogP contribution in [0, 0.1) is 11.8 Å². The summed E-state index contributed by atoms with van der Waals surface area (Å²) >= 11 is 0. The van der Waals surface area contributed by atoms with Gasteiger partial charge in [0.1, 0.15) is 5.54 Å². The highest BCUT2D eigenvalue weighted by atomic mass is 16.5. The zero-order valence-electron chi connectivity index (χ0n) is 8.82. The van der Waals surface area contributed by atoms with E-state index in [1.165, 1.54) is 0 Å². The van der Waals surface area contributed by atoms with Gasteiger partial charge in [0.2, 0.25) is 0 Å². The number of ether oxygens (including phenoxy) is 1. The van der Waals surface area contributed by atoms with E-state index in [4.69, 9.17) is 10.5 Å². The van der Waals surface area contributed by atoms with Crippen molar-refractivity contribution in [3.8, 4) is 0 Å². The zero-order chi connectivity index (χ0) is 10.8. The Morgan fingerprint density at radius 2 is 2.00 bits per heavy atom. The quantitative estimate of drug-likeness (QED) is 0.710. The maximum absolute atomic E-state index is 11.2. The maximum atomic E-state index is 11.2. The van der Waals surface area contributed by atoms with E-state index in [0.717, 1.165) is 12.8 Å². The van der Waals surface area contributed by atoms with Gasteiger partial charge in [-0.15, -0.1) is 0 Å². The van der Waals surface area contributed by atoms with Crippen LogP contribution < -0.4 is 5.73 Å². The summed E-state index contributed by atoms with van der Waals surface area (Å²) < 4.78 is 5.21. The molecule has 4 nitrogen and oxygen atoms in total. The maximum Gasteiger partial charge on any atom is 0.324 e. The van der Waals surface area contributed by atoms with Crippen molar-refractivity contribution < 1.29 is 14.6 Å². The largest absolute Gasteiger partial charge is 0.480 e. The van der Waals surface area contributed by atoms with Gasteiger partial charge in [-0.2, -0.15) is 0 Å². The summed E-state index contributed by atoms with van der Waals surface area (Å²) in [6.45, 7) is 4.99. The average molecular weight is 201 g/mol. The smallest absolute Gasteiger partial charge is 0.324 e. The number of nitrogens with two attached hydrogens (primary N) is 1. The molecule has 3 N–H and O–H groups in total. The number of carboxylic acid groups (broad SMARTS) is 1. The van der Waals surface area contributed by atoms with Crippen molar-refractivity contribution in [2.45, 2.75) is 32.2 Å². The second-order valence-electron chi connectivity index (χ2n) is 4.28. The molecule has 1 saturated heterocycles. The van der Waals surface area contributed by atoms with Gasteiger partial charge in [0, 0.05) is 13.2 Å². The molecule has 82 valence electrons. The van der Waals surface area contributed by atoms with Crippen molar-refractivity contribution in [1.29, 1.82) is 0 Å². The van der Waals surface area contributed by atoms with Gasteiger partial charge in [0.05, 0.1) is 0 Å². The third-order valence-corrected chi connectivity index (χ3v) is 3.22. The summed E-state index contributed by atoms with van der Waals surface area (Å²) in [5, 5.41) is 9.19. The summed E-state index contributed by atoms with van der Waals surface area (Å²) in [5.41, 5.74) is 4.91. The van der Waals surface area contributed by atoms with Crippen LogP contribution in [0.5, 0.6) is 0 Å². The lowest BCUT2D eigenvalue weighted by molar-refractivity contribution is -0.149. The second kappa shape index (κ2) is 4.28. The van der Waals surface area contributed by atoms with Crippen LogP contribution in [-0.4, -0.2) is 29.8 Å². The highest BCUT2D eigenvalue weighted by Crippen LogP contribution is 2.31. The van der Waals surface area contributed by atoms with Crippen molar-refractivity contribution in [1.82, 2.24) is 0 Å². The molecule has 1 aliphatic heterocycles. The van der Waals surface area contributed by atoms with E-state index >= 15 is 0 Å². The molecule has 0 aromatic carbocycles. The number of carboxylic acids is 1. The molecule has 0 bridgehead atoms. The topological polar surface area (TPSA) is 72.6 Å². The van der Waals surface area contributed by atoms with Crippen LogP contribution in [0.25, 0.3) is 0 Å². The second-order valence-corrected chi connectivity index (χ2v) is 4.28. The minimum absolute atomic E-state index is 0.0359. The Kier molecular flexibility index (Phi) is 3.50. The summed E-state index contributed by atoms with van der Waals surface area (Å²) in [6, 6.07) is 0. The van der Waals surface area contributed by atoms with Gasteiger partial charge in [-0.1, -0.05) is 13.8 Å². The van der Waals surface area contributed by atoms with Gasteiger partial charge >= 0.3 is 5.97 Å². The first-order valence-electron chi connectivity index (χ1n) is 5.09. The zero-order valence-corrected chi connectivity index (χ0v) is 8.82. The number of hydrogen-bond donors (Lipinski definition) is 2. The van der Waals surface area contributed by atoms with Gasteiger partial charge in [-0.3, -0.25) is 4.79 Å². The van der Waals surface area contributed by atoms with Crippen LogP contribution in [-0.2, 0) is 9.53 Å². The first-order chi connectivity index (χ1) is 6.49. The standard InChI is InChI=1S/C10H19NO3/c1-7(2)10(11,9(12)13)8-3-5-14-6-4-8/h7-8H,3-6,11H2,1-2H3,(H,12,13)/t10-/m0/s1. The Bertz CT molecular complexity index is 211. The van der Waals surface area contributed by atoms with Crippen LogP contribution in [0.15, 0.2) is 0 Å². The normalized spacial score (nSPS) is 23.4. The molecule has 1 fully saturated rings. The lowest BCUT2D eigenvalue weighted by Crippen LogP contribution is -2.59. The van der Waals surface area contributed by atoms with Crippen molar-refractivity contribution in [2.75, 3.05) is 13.2 Å². The molecule has 1 aliphatic rings. The van der Waals surface area contributed by atoms with Crippen molar-refractivity contribution in [2.24, 2.45) is 17.6 Å². The van der Waals surface area contributed by atoms with Crippen LogP contribution in [0.3, 0.4) is 0 Å². The van der Waals surface area contributed by atoms with E-state index in [9.17, 15) is 9.90 Å². The molecule has 0 amide bonds. The molecule has 0 aromatic rings. The van der Waals surface area contributed by atoms with Gasteiger partial charge in [0.15, 0.2) is 0 Å². The van der Waals surface area contributed by atoms with Crippen molar-refractivity contribution >= 4 is 5.97 Å². The molecule has 1 atom stereocenters. The number of carbonyl (C=O) groups is 1. The van der Waals surface area contributed by atoms with E-state index in [1.54, 1.807) is 0 Å². The molecule has 1 rings (SSSR count). The van der Waals surface area contributed by atoms with Crippen molar-refractivity contribution in [3.05, 3.63) is 0 Å². The Morgan fingerprint density at radius 1 is 1.50 bits per heavy atom. The van der Waals surface area contributed by atoms with Crippen molar-refractivity contribution in [3.63, 3.8) is 0 Å². The summed E-state index contributed by atoms with van der Waals surface area (Å²) in [6.07, 6.45) is 1.50. The molecule has 14 heavy (non-hydrogen) atoms. The molecular formula is C10H19NO3. The third kappa shape index (κ3) is 1.91. The van der Waals surface area contributed by atoms with E-state index in [-0.39, 0.29) is 11.8 Å². The Balaban J connectivity index is 2.80. The van der Waals surface area contributed by atoms with Gasteiger partial charge in [-0.25, -0.2) is 0 Å². The molecule has 1 heterocycles. The van der Waals surface area contributed by atoms with E-state index in [2.05, 4.69) is 0 Å². The SMILES string of the molecule is CC(C)[C@@](N)(C(=O)O)C1CCOCC1. The van der Waals surface area contributed by atoms with Crippen LogP contribution in [0.1, 0.15) is 26.7 Å². The molecule has 0 aromatic heterocycles. The molecule has 0 saturated carbocycles. The highest BCUT2D eigenvalue weighted by molar-refractivity contribution is 5.79. The van der Waals surface area contributed by atoms with Gasteiger partial charge in [-0.05, 0) is 24.7 Å². The summed E-state index contributed by atoms with van der Waals surface area (Å²) in [4.78, 5) is 11.2. The summed E-state index contributed by atoms with van der Waals surface area (Å²) in [5.74, 6) is -0.906. The fraction of sp³-hybridized carbons (Fsp3) is 0.900. The number of aliphatic carboxylic acids is 1. The van der Waals surface area contributed by atoms with E-state index in [0.29, 0.717) is 13.2 Å². The molecule has 0 unspecified atom stereocenters. The van der Waals surface area contributed by atoms with E-state index < -0.39 is 11.5 Å². The first-order valence-corrected chi connectivity index (χ1v) is 5.09. The minimum Gasteiger partial charge on any atom is -0.480 e. The van der Waals surface area contributed by atoms with E-state index in [1.807, 2.05) is 13.8 Å². The number of hydrogen-bond acceptors (Lipinski definition) is 3. The van der Waals surface area contributed by atoms with Crippen LogP contribution >= 0.6 is 0 Å². The fourth-order valence-electron chi connectivity index (χ4n) is 2.07. The Labute approximate surface area is 84.4 Å². The van der Waals surface area contributed by atoms with Crippen LogP contribution in [0.4, 0.5) is 0 Å². The van der Waals surface area contributed by atoms with Gasteiger partial charge in [0.25, 0.3) is 0 Å². The molecule has 0 aliphatic carbocycles. The Morgan fingerprint density at radius 3 is 2.36 bits per heavy atom. The lowest BCUT2D eigenvalue weighted by Gasteiger charge is -2.39. The highest BCUT2D eigenvalue weighted by Gasteiger charge is 2.45. The van der Waals surface area contributed by atoms with Gasteiger partial charge < -0.3 is 15.6 Å². The fourth-order valence-corrected chi connectivity index (χ4v) is 2.07. The average Bonchev–Trinajstić information content (AvgIpc) is 2.17. The first kappa shape index (κ1) is 11.5. The Hall–Kier alpha value is -0.610. The monoisotopic (exact) mass is 201 g/mol. The third-order valence-electron chi connectivity index (χ3n) is 3.22. The van der Waals surface area contributed by atoms with Crippen LogP contribution in [0.2, 0.25) is 0 Å². The molecule has 0 spiro atoms.